The van der Waals surface area contributed by atoms with Gasteiger partial charge < -0.3 is 15.2 Å². The number of hydrogen-bond donors (Lipinski definition) is 1. The largest absolute Gasteiger partial charge is 0.491 e. The summed E-state index contributed by atoms with van der Waals surface area (Å²) in [4.78, 5) is 0. The van der Waals surface area contributed by atoms with Crippen molar-refractivity contribution in [2.24, 2.45) is 10.8 Å². The molecule has 1 heterocycles. The van der Waals surface area contributed by atoms with E-state index in [1.54, 1.807) is 0 Å². The second kappa shape index (κ2) is 13.2. The second-order valence-corrected chi connectivity index (χ2v) is 15.7. The Hall–Kier alpha value is -2.79. The van der Waals surface area contributed by atoms with Crippen LogP contribution >= 0.6 is 0 Å². The molecule has 0 amide bonds. The molecule has 232 valence electrons. The molecule has 0 fully saturated rings. The van der Waals surface area contributed by atoms with Crippen LogP contribution in [0.15, 0.2) is 54.6 Å². The Kier molecular flexibility index (Phi) is 10.6. The normalized spacial score (nSPS) is 13.8. The SMILES string of the molecule is CCC(OCCOc1ccc(C(C)(C)CC(C)(C)C)cc1C(C)(C)CC(C)(C)C)c1cc(N)n(Cc2ccccc2)n1. The van der Waals surface area contributed by atoms with E-state index in [0.29, 0.717) is 25.6 Å². The van der Waals surface area contributed by atoms with Crippen LogP contribution in [0.4, 0.5) is 5.82 Å². The zero-order valence-electron chi connectivity index (χ0n) is 28.3. The third kappa shape index (κ3) is 9.62. The van der Waals surface area contributed by atoms with E-state index in [1.165, 1.54) is 16.7 Å². The Morgan fingerprint density at radius 2 is 1.40 bits per heavy atom. The summed E-state index contributed by atoms with van der Waals surface area (Å²) in [6.07, 6.45) is 2.84. The summed E-state index contributed by atoms with van der Waals surface area (Å²) in [6, 6.07) is 19.0. The quantitative estimate of drug-likeness (QED) is 0.206. The van der Waals surface area contributed by atoms with Gasteiger partial charge in [-0.25, -0.2) is 4.68 Å². The molecule has 1 unspecified atom stereocenters. The fourth-order valence-electron chi connectivity index (χ4n) is 6.70. The van der Waals surface area contributed by atoms with Gasteiger partial charge in [-0.1, -0.05) is 119 Å². The molecule has 3 aromatic rings. The van der Waals surface area contributed by atoms with Crippen LogP contribution in [0.5, 0.6) is 5.75 Å². The van der Waals surface area contributed by atoms with E-state index < -0.39 is 0 Å². The van der Waals surface area contributed by atoms with Crippen LogP contribution in [0.1, 0.15) is 124 Å². The first kappa shape index (κ1) is 33.7. The number of rotatable bonds is 13. The smallest absolute Gasteiger partial charge is 0.123 e. The standard InChI is InChI=1S/C37H57N3O2/c1-12-31(30-23-33(38)40(39-30)24-27-16-14-13-15-17-27)41-20-21-42-32-19-18-28(36(8,9)25-34(2,3)4)22-29(32)37(10,11)26-35(5,6)7/h13-19,22-23,31H,12,20-21,24-26,38H2,1-11H3. The third-order valence-electron chi connectivity index (χ3n) is 7.80. The Morgan fingerprint density at radius 3 is 2.00 bits per heavy atom. The minimum absolute atomic E-state index is 0.0443. The van der Waals surface area contributed by atoms with E-state index in [4.69, 9.17) is 20.3 Å². The Morgan fingerprint density at radius 1 is 0.786 bits per heavy atom. The Bertz CT molecular complexity index is 1280. The highest BCUT2D eigenvalue weighted by Crippen LogP contribution is 2.44. The molecule has 0 radical (unpaired) electrons. The van der Waals surface area contributed by atoms with Gasteiger partial charge in [0.15, 0.2) is 0 Å². The number of ether oxygens (including phenoxy) is 2. The van der Waals surface area contributed by atoms with Gasteiger partial charge in [0.25, 0.3) is 0 Å². The molecule has 5 nitrogen and oxygen atoms in total. The van der Waals surface area contributed by atoms with Gasteiger partial charge in [0.1, 0.15) is 24.3 Å². The lowest BCUT2D eigenvalue weighted by molar-refractivity contribution is 0.0275. The molecule has 0 aliphatic rings. The van der Waals surface area contributed by atoms with Gasteiger partial charge in [-0.3, -0.25) is 0 Å². The highest BCUT2D eigenvalue weighted by atomic mass is 16.5. The molecule has 0 aliphatic heterocycles. The van der Waals surface area contributed by atoms with Crippen molar-refractivity contribution in [3.8, 4) is 5.75 Å². The molecule has 0 aliphatic carbocycles. The first-order valence-electron chi connectivity index (χ1n) is 15.7. The summed E-state index contributed by atoms with van der Waals surface area (Å²) in [5, 5.41) is 4.78. The molecule has 0 saturated heterocycles. The van der Waals surface area contributed by atoms with Gasteiger partial charge in [0.2, 0.25) is 0 Å². The number of anilines is 1. The highest BCUT2D eigenvalue weighted by molar-refractivity contribution is 5.44. The number of hydrogen-bond acceptors (Lipinski definition) is 4. The first-order chi connectivity index (χ1) is 19.4. The van der Waals surface area contributed by atoms with Crippen LogP contribution < -0.4 is 10.5 Å². The van der Waals surface area contributed by atoms with Gasteiger partial charge in [-0.05, 0) is 58.1 Å². The van der Waals surface area contributed by atoms with Crippen molar-refractivity contribution in [3.05, 3.63) is 77.0 Å². The predicted molar refractivity (Wildman–Crippen MR) is 177 cm³/mol. The van der Waals surface area contributed by atoms with Crippen molar-refractivity contribution in [1.29, 1.82) is 0 Å². The molecular weight excluding hydrogens is 518 g/mol. The van der Waals surface area contributed by atoms with Gasteiger partial charge in [-0.15, -0.1) is 0 Å². The molecule has 2 aromatic carbocycles. The lowest BCUT2D eigenvalue weighted by Crippen LogP contribution is -2.28. The van der Waals surface area contributed by atoms with E-state index in [-0.39, 0.29) is 27.8 Å². The fraction of sp³-hybridized carbons (Fsp3) is 0.595. The fourth-order valence-corrected chi connectivity index (χ4v) is 6.70. The Labute approximate surface area is 256 Å². The van der Waals surface area contributed by atoms with Crippen LogP contribution in [0.3, 0.4) is 0 Å². The van der Waals surface area contributed by atoms with Crippen LogP contribution in [-0.4, -0.2) is 23.0 Å². The zero-order valence-corrected chi connectivity index (χ0v) is 28.3. The average Bonchev–Trinajstić information content (AvgIpc) is 3.21. The van der Waals surface area contributed by atoms with Gasteiger partial charge in [0, 0.05) is 11.6 Å². The maximum absolute atomic E-state index is 6.47. The van der Waals surface area contributed by atoms with Crippen LogP contribution in [0.25, 0.3) is 0 Å². The molecule has 1 aromatic heterocycles. The number of aromatic nitrogens is 2. The number of nitrogens with zero attached hydrogens (tertiary/aromatic N) is 2. The first-order valence-corrected chi connectivity index (χ1v) is 15.7. The van der Waals surface area contributed by atoms with E-state index >= 15 is 0 Å². The molecule has 5 heteroatoms. The topological polar surface area (TPSA) is 62.3 Å². The van der Waals surface area contributed by atoms with Crippen molar-refractivity contribution >= 4 is 5.82 Å². The van der Waals surface area contributed by atoms with Gasteiger partial charge in [0.05, 0.1) is 18.8 Å². The summed E-state index contributed by atoms with van der Waals surface area (Å²) < 4.78 is 14.6. The summed E-state index contributed by atoms with van der Waals surface area (Å²) in [7, 11) is 0. The minimum atomic E-state index is -0.134. The molecular formula is C37H57N3O2. The molecule has 0 spiro atoms. The maximum atomic E-state index is 6.47. The van der Waals surface area contributed by atoms with Crippen molar-refractivity contribution < 1.29 is 9.47 Å². The molecule has 2 N–H and O–H groups in total. The number of nitrogens with two attached hydrogens (primary N) is 1. The Balaban J connectivity index is 1.74. The molecule has 42 heavy (non-hydrogen) atoms. The predicted octanol–water partition coefficient (Wildman–Crippen LogP) is 9.49. The van der Waals surface area contributed by atoms with Crippen molar-refractivity contribution in [2.45, 2.75) is 119 Å². The molecule has 0 saturated carbocycles. The second-order valence-electron chi connectivity index (χ2n) is 15.7. The molecule has 3 rings (SSSR count). The van der Waals surface area contributed by atoms with Crippen molar-refractivity contribution in [3.63, 3.8) is 0 Å². The van der Waals surface area contributed by atoms with E-state index in [1.807, 2.05) is 28.9 Å². The summed E-state index contributed by atoms with van der Waals surface area (Å²) in [6.45, 7) is 27.0. The average molecular weight is 576 g/mol. The molecule has 1 atom stereocenters. The number of benzene rings is 2. The lowest BCUT2D eigenvalue weighted by Gasteiger charge is -2.37. The van der Waals surface area contributed by atoms with Crippen molar-refractivity contribution in [1.82, 2.24) is 9.78 Å². The third-order valence-corrected chi connectivity index (χ3v) is 7.80. The summed E-state index contributed by atoms with van der Waals surface area (Å²) >= 11 is 0. The van der Waals surface area contributed by atoms with E-state index in [0.717, 1.165) is 30.7 Å². The molecule has 0 bridgehead atoms. The van der Waals surface area contributed by atoms with E-state index in [2.05, 4.69) is 106 Å². The minimum Gasteiger partial charge on any atom is -0.491 e. The summed E-state index contributed by atoms with van der Waals surface area (Å²) in [5.41, 5.74) is 11.4. The van der Waals surface area contributed by atoms with Gasteiger partial charge >= 0.3 is 0 Å². The van der Waals surface area contributed by atoms with Gasteiger partial charge in [-0.2, -0.15) is 5.10 Å². The van der Waals surface area contributed by atoms with E-state index in [9.17, 15) is 0 Å². The van der Waals surface area contributed by atoms with Crippen LogP contribution in [-0.2, 0) is 22.1 Å². The summed E-state index contributed by atoms with van der Waals surface area (Å²) in [5.74, 6) is 1.60. The number of nitrogen functional groups attached to an aromatic ring is 1. The highest BCUT2D eigenvalue weighted by Gasteiger charge is 2.33. The zero-order chi connectivity index (χ0) is 31.3. The monoisotopic (exact) mass is 575 g/mol. The lowest BCUT2D eigenvalue weighted by atomic mass is 9.68. The van der Waals surface area contributed by atoms with Crippen LogP contribution in [0.2, 0.25) is 0 Å². The maximum Gasteiger partial charge on any atom is 0.123 e. The van der Waals surface area contributed by atoms with Crippen molar-refractivity contribution in [2.75, 3.05) is 18.9 Å². The van der Waals surface area contributed by atoms with Crippen LogP contribution in [0, 0.1) is 10.8 Å².